The van der Waals surface area contributed by atoms with Crippen molar-refractivity contribution >= 4 is 38.6 Å². The fourth-order valence-corrected chi connectivity index (χ4v) is 2.67. The van der Waals surface area contributed by atoms with E-state index in [9.17, 15) is 9.59 Å². The molecular formula is C17H18BrNO4. The monoisotopic (exact) mass is 379 g/mol. The standard InChI is InChI=1S/C17H18BrNO4/c1-3-22-16(21)10-19(2)15(20)11-23-14-9-8-12-6-4-5-7-13(12)17(14)18/h4-9H,3,10-11H2,1-2H3. The van der Waals surface area contributed by atoms with Crippen LogP contribution in [0.5, 0.6) is 5.75 Å². The maximum absolute atomic E-state index is 12.0. The molecular weight excluding hydrogens is 362 g/mol. The van der Waals surface area contributed by atoms with Gasteiger partial charge >= 0.3 is 5.97 Å². The van der Waals surface area contributed by atoms with Crippen molar-refractivity contribution in [3.63, 3.8) is 0 Å². The topological polar surface area (TPSA) is 55.8 Å². The number of fused-ring (bicyclic) bond motifs is 1. The number of rotatable bonds is 6. The Labute approximate surface area is 143 Å². The number of esters is 1. The molecule has 1 amide bonds. The average molecular weight is 380 g/mol. The number of hydrogen-bond acceptors (Lipinski definition) is 4. The molecule has 2 rings (SSSR count). The van der Waals surface area contributed by atoms with Gasteiger partial charge in [0.15, 0.2) is 6.61 Å². The molecule has 2 aromatic carbocycles. The lowest BCUT2D eigenvalue weighted by atomic mass is 10.1. The molecule has 0 unspecified atom stereocenters. The molecule has 0 fully saturated rings. The highest BCUT2D eigenvalue weighted by atomic mass is 79.9. The van der Waals surface area contributed by atoms with E-state index in [0.717, 1.165) is 15.2 Å². The molecule has 0 spiro atoms. The lowest BCUT2D eigenvalue weighted by molar-refractivity contribution is -0.148. The maximum atomic E-state index is 12.0. The second kappa shape index (κ2) is 7.97. The van der Waals surface area contributed by atoms with Gasteiger partial charge in [0, 0.05) is 7.05 Å². The first kappa shape index (κ1) is 17.3. The molecule has 0 aliphatic heterocycles. The normalized spacial score (nSPS) is 10.4. The third-order valence-electron chi connectivity index (χ3n) is 3.28. The van der Waals surface area contributed by atoms with Crippen molar-refractivity contribution < 1.29 is 19.1 Å². The van der Waals surface area contributed by atoms with Crippen LogP contribution in [0.2, 0.25) is 0 Å². The summed E-state index contributed by atoms with van der Waals surface area (Å²) in [5, 5.41) is 2.09. The minimum absolute atomic E-state index is 0.0884. The van der Waals surface area contributed by atoms with Crippen molar-refractivity contribution in [3.05, 3.63) is 40.9 Å². The van der Waals surface area contributed by atoms with E-state index < -0.39 is 5.97 Å². The zero-order chi connectivity index (χ0) is 16.8. The van der Waals surface area contributed by atoms with E-state index in [1.807, 2.05) is 36.4 Å². The molecule has 0 saturated carbocycles. The number of ether oxygens (including phenoxy) is 2. The molecule has 0 aromatic heterocycles. The second-order valence-electron chi connectivity index (χ2n) is 4.94. The molecule has 122 valence electrons. The summed E-state index contributed by atoms with van der Waals surface area (Å²) in [6, 6.07) is 11.6. The van der Waals surface area contributed by atoms with Crippen molar-refractivity contribution in [2.24, 2.45) is 0 Å². The van der Waals surface area contributed by atoms with Gasteiger partial charge < -0.3 is 14.4 Å². The molecule has 0 atom stereocenters. The van der Waals surface area contributed by atoms with Gasteiger partial charge in [0.05, 0.1) is 11.1 Å². The summed E-state index contributed by atoms with van der Waals surface area (Å²) in [6.45, 7) is 1.78. The first-order valence-electron chi connectivity index (χ1n) is 7.22. The molecule has 6 heteroatoms. The Morgan fingerprint density at radius 3 is 2.65 bits per heavy atom. The van der Waals surface area contributed by atoms with Crippen LogP contribution >= 0.6 is 15.9 Å². The summed E-state index contributed by atoms with van der Waals surface area (Å²) in [4.78, 5) is 24.7. The molecule has 5 nitrogen and oxygen atoms in total. The number of hydrogen-bond donors (Lipinski definition) is 0. The van der Waals surface area contributed by atoms with Crippen LogP contribution in [-0.2, 0) is 14.3 Å². The molecule has 0 bridgehead atoms. The van der Waals surface area contributed by atoms with Crippen LogP contribution < -0.4 is 4.74 Å². The number of benzene rings is 2. The van der Waals surface area contributed by atoms with E-state index in [0.29, 0.717) is 12.4 Å². The summed E-state index contributed by atoms with van der Waals surface area (Å²) < 4.78 is 11.2. The van der Waals surface area contributed by atoms with Crippen molar-refractivity contribution in [3.8, 4) is 5.75 Å². The minimum Gasteiger partial charge on any atom is -0.483 e. The lowest BCUT2D eigenvalue weighted by Gasteiger charge is -2.17. The van der Waals surface area contributed by atoms with Crippen LogP contribution in [0, 0.1) is 0 Å². The van der Waals surface area contributed by atoms with E-state index in [2.05, 4.69) is 15.9 Å². The Morgan fingerprint density at radius 1 is 1.17 bits per heavy atom. The number of halogens is 1. The van der Waals surface area contributed by atoms with E-state index in [1.165, 1.54) is 11.9 Å². The lowest BCUT2D eigenvalue weighted by Crippen LogP contribution is -2.36. The van der Waals surface area contributed by atoms with Crippen LogP contribution in [0.15, 0.2) is 40.9 Å². The van der Waals surface area contributed by atoms with Gasteiger partial charge in [0.2, 0.25) is 0 Å². The minimum atomic E-state index is -0.435. The van der Waals surface area contributed by atoms with Gasteiger partial charge in [-0.05, 0) is 39.7 Å². The van der Waals surface area contributed by atoms with E-state index in [-0.39, 0.29) is 19.1 Å². The molecule has 23 heavy (non-hydrogen) atoms. The van der Waals surface area contributed by atoms with Gasteiger partial charge in [0.1, 0.15) is 12.3 Å². The summed E-state index contributed by atoms with van der Waals surface area (Å²) in [7, 11) is 1.54. The molecule has 2 aromatic rings. The number of nitrogens with zero attached hydrogens (tertiary/aromatic N) is 1. The first-order chi connectivity index (χ1) is 11.0. The van der Waals surface area contributed by atoms with Crippen molar-refractivity contribution in [2.75, 3.05) is 26.8 Å². The number of carbonyl (C=O) groups is 2. The zero-order valence-corrected chi connectivity index (χ0v) is 14.6. The van der Waals surface area contributed by atoms with Crippen molar-refractivity contribution in [2.45, 2.75) is 6.92 Å². The second-order valence-corrected chi connectivity index (χ2v) is 5.74. The van der Waals surface area contributed by atoms with Crippen LogP contribution in [0.4, 0.5) is 0 Å². The highest BCUT2D eigenvalue weighted by Gasteiger charge is 2.15. The molecule has 0 aliphatic rings. The van der Waals surface area contributed by atoms with Crippen LogP contribution in [0.1, 0.15) is 6.92 Å². The number of carbonyl (C=O) groups excluding carboxylic acids is 2. The molecule has 0 aliphatic carbocycles. The van der Waals surface area contributed by atoms with Gasteiger partial charge in [-0.1, -0.05) is 30.3 Å². The Morgan fingerprint density at radius 2 is 1.91 bits per heavy atom. The fourth-order valence-electron chi connectivity index (χ4n) is 2.06. The highest BCUT2D eigenvalue weighted by Crippen LogP contribution is 2.32. The molecule has 0 radical (unpaired) electrons. The van der Waals surface area contributed by atoms with Crippen LogP contribution in [-0.4, -0.2) is 43.6 Å². The largest absolute Gasteiger partial charge is 0.483 e. The van der Waals surface area contributed by atoms with Gasteiger partial charge in [-0.3, -0.25) is 9.59 Å². The summed E-state index contributed by atoms with van der Waals surface area (Å²) in [5.74, 6) is -0.144. The van der Waals surface area contributed by atoms with Gasteiger partial charge in [0.25, 0.3) is 5.91 Å². The Kier molecular flexibility index (Phi) is 5.98. The van der Waals surface area contributed by atoms with Gasteiger partial charge in [-0.2, -0.15) is 0 Å². The number of likely N-dealkylation sites (N-methyl/N-ethyl adjacent to an activating group) is 1. The number of amides is 1. The van der Waals surface area contributed by atoms with Gasteiger partial charge in [-0.25, -0.2) is 0 Å². The predicted octanol–water partition coefficient (Wildman–Crippen LogP) is 3.00. The third kappa shape index (κ3) is 4.45. The Hall–Kier alpha value is -2.08. The highest BCUT2D eigenvalue weighted by molar-refractivity contribution is 9.10. The summed E-state index contributed by atoms with van der Waals surface area (Å²) in [6.07, 6.45) is 0. The Bertz CT molecular complexity index is 717. The third-order valence-corrected chi connectivity index (χ3v) is 4.09. The summed E-state index contributed by atoms with van der Waals surface area (Å²) in [5.41, 5.74) is 0. The molecule has 0 saturated heterocycles. The van der Waals surface area contributed by atoms with E-state index in [4.69, 9.17) is 9.47 Å². The van der Waals surface area contributed by atoms with Crippen LogP contribution in [0.25, 0.3) is 10.8 Å². The van der Waals surface area contributed by atoms with Gasteiger partial charge in [-0.15, -0.1) is 0 Å². The predicted molar refractivity (Wildman–Crippen MR) is 91.4 cm³/mol. The van der Waals surface area contributed by atoms with Crippen molar-refractivity contribution in [1.29, 1.82) is 0 Å². The quantitative estimate of drug-likeness (QED) is 0.723. The van der Waals surface area contributed by atoms with E-state index in [1.54, 1.807) is 6.92 Å². The smallest absolute Gasteiger partial charge is 0.325 e. The first-order valence-corrected chi connectivity index (χ1v) is 8.02. The maximum Gasteiger partial charge on any atom is 0.325 e. The molecule has 0 heterocycles. The van der Waals surface area contributed by atoms with Crippen LogP contribution in [0.3, 0.4) is 0 Å². The SMILES string of the molecule is CCOC(=O)CN(C)C(=O)COc1ccc2ccccc2c1Br. The zero-order valence-electron chi connectivity index (χ0n) is 13.0. The fraction of sp³-hybridized carbons (Fsp3) is 0.294. The van der Waals surface area contributed by atoms with Crippen molar-refractivity contribution in [1.82, 2.24) is 4.90 Å². The molecule has 0 N–H and O–H groups in total. The average Bonchev–Trinajstić information content (AvgIpc) is 2.54. The summed E-state index contributed by atoms with van der Waals surface area (Å²) >= 11 is 3.51. The Balaban J connectivity index is 1.99. The van der Waals surface area contributed by atoms with E-state index >= 15 is 0 Å².